The molecule has 2 aliphatic heterocycles. The van der Waals surface area contributed by atoms with E-state index in [4.69, 9.17) is 20.2 Å². The van der Waals surface area contributed by atoms with Gasteiger partial charge in [0.25, 0.3) is 5.56 Å². The number of hydrogen-bond donors (Lipinski definition) is 4. The van der Waals surface area contributed by atoms with E-state index in [-0.39, 0.29) is 73.3 Å². The number of nitrogens with one attached hydrogen (secondary N) is 2. The molecule has 6 heterocycles. The van der Waals surface area contributed by atoms with Gasteiger partial charge in [-0.25, -0.2) is 37.3 Å². The van der Waals surface area contributed by atoms with E-state index >= 15 is 4.39 Å². The average molecular weight is 1060 g/mol. The van der Waals surface area contributed by atoms with Crippen molar-refractivity contribution in [2.24, 2.45) is 5.73 Å². The summed E-state index contributed by atoms with van der Waals surface area (Å²) < 4.78 is 52.7. The monoisotopic (exact) mass is 1060 g/mol. The van der Waals surface area contributed by atoms with Crippen molar-refractivity contribution >= 4 is 50.3 Å². The van der Waals surface area contributed by atoms with Crippen LogP contribution in [0.2, 0.25) is 0 Å². The third-order valence-corrected chi connectivity index (χ3v) is 14.7. The summed E-state index contributed by atoms with van der Waals surface area (Å²) in [7, 11) is -3.53. The van der Waals surface area contributed by atoms with E-state index in [0.29, 0.717) is 114 Å². The van der Waals surface area contributed by atoms with E-state index in [1.165, 1.54) is 23.0 Å². The number of anilines is 1. The van der Waals surface area contributed by atoms with Gasteiger partial charge in [-0.05, 0) is 113 Å². The van der Waals surface area contributed by atoms with Crippen molar-refractivity contribution in [2.75, 3.05) is 24.7 Å². The number of unbranched alkanes of at least 4 members (excludes halogenated alkanes) is 3. The molecule has 8 rings (SSSR count). The number of rotatable bonds is 22. The molecule has 5 N–H and O–H groups in total. The number of amides is 3. The summed E-state index contributed by atoms with van der Waals surface area (Å²) in [5, 5.41) is 25.8. The number of nitrogens with zero attached hydrogens (tertiary/aromatic N) is 8. The highest BCUT2D eigenvalue weighted by Gasteiger charge is 2.45. The van der Waals surface area contributed by atoms with Gasteiger partial charge < -0.3 is 40.4 Å². The van der Waals surface area contributed by atoms with E-state index in [2.05, 4.69) is 30.9 Å². The van der Waals surface area contributed by atoms with Crippen LogP contribution in [0.25, 0.3) is 33.5 Å². The van der Waals surface area contributed by atoms with Gasteiger partial charge >= 0.3 is 12.1 Å². The number of aromatic nitrogens is 7. The molecule has 2 aromatic carbocycles. The minimum absolute atomic E-state index is 0.0175. The van der Waals surface area contributed by atoms with Crippen LogP contribution < -0.4 is 21.9 Å². The first-order valence-corrected chi connectivity index (χ1v) is 27.2. The van der Waals surface area contributed by atoms with Gasteiger partial charge in [-0.1, -0.05) is 30.7 Å². The van der Waals surface area contributed by atoms with Gasteiger partial charge in [0.05, 0.1) is 35.2 Å². The number of pyridine rings is 2. The standard InChI is InChI=1S/C53H62FN11O10S/c1-6-53(71)40-23-45-47-38(27-65(45)49(68)39(40)30-74-50(53)69)36(37-22-32(4)41(54)24-43(37)60-47)18-21-64(31(2)3)52(70)75-29-33-14-16-35(17-15-33)58-48(67)42(12-9-10-19-55)59-46(66)13-8-7-11-20-63-28-44(61-62-63)34-25-56-51(57-26-34)76(5,72)73/h14-17,22-26,28,31,42,71H,6-13,18-21,27,29-30,55H2,1-5H3,(H,58,67)(H,59,66)/t42-,53-/m0/s1. The summed E-state index contributed by atoms with van der Waals surface area (Å²) in [6.45, 7) is 7.96. The molecule has 2 atom stereocenters. The normalized spacial score (nSPS) is 15.2. The van der Waals surface area contributed by atoms with Crippen molar-refractivity contribution in [1.29, 1.82) is 0 Å². The number of cyclic esters (lactones) is 1. The highest BCUT2D eigenvalue weighted by molar-refractivity contribution is 7.90. The van der Waals surface area contributed by atoms with Gasteiger partial charge in [-0.3, -0.25) is 19.1 Å². The van der Waals surface area contributed by atoms with Gasteiger partial charge in [0.2, 0.25) is 26.8 Å². The van der Waals surface area contributed by atoms with Crippen LogP contribution in [0, 0.1) is 12.7 Å². The zero-order valence-corrected chi connectivity index (χ0v) is 43.9. The molecule has 0 saturated carbocycles. The van der Waals surface area contributed by atoms with E-state index in [9.17, 15) is 37.5 Å². The van der Waals surface area contributed by atoms with Crippen molar-refractivity contribution in [3.8, 4) is 22.6 Å². The lowest BCUT2D eigenvalue weighted by molar-refractivity contribution is -0.172. The number of fused-ring (bicyclic) bond motifs is 5. The Morgan fingerprint density at radius 2 is 1.78 bits per heavy atom. The van der Waals surface area contributed by atoms with Crippen LogP contribution in [0.15, 0.2) is 71.0 Å². The molecule has 0 radical (unpaired) electrons. The van der Waals surface area contributed by atoms with Crippen molar-refractivity contribution < 1.29 is 46.6 Å². The summed E-state index contributed by atoms with van der Waals surface area (Å²) >= 11 is 0. The number of carbonyl (C=O) groups is 4. The van der Waals surface area contributed by atoms with E-state index in [1.54, 1.807) is 66.0 Å². The summed E-state index contributed by atoms with van der Waals surface area (Å²) in [6, 6.07) is 10.4. The second kappa shape index (κ2) is 23.2. The number of halogens is 1. The van der Waals surface area contributed by atoms with Gasteiger partial charge in [0.15, 0.2) is 5.60 Å². The Kier molecular flexibility index (Phi) is 16.7. The second-order valence-corrected chi connectivity index (χ2v) is 21.4. The molecule has 0 saturated heterocycles. The molecule has 6 aromatic rings. The lowest BCUT2D eigenvalue weighted by atomic mass is 9.86. The molecule has 23 heteroatoms. The lowest BCUT2D eigenvalue weighted by Crippen LogP contribution is -2.44. The zero-order valence-electron chi connectivity index (χ0n) is 43.1. The van der Waals surface area contributed by atoms with Crippen LogP contribution in [0.4, 0.5) is 14.9 Å². The molecule has 0 bridgehead atoms. The largest absolute Gasteiger partial charge is 0.458 e. The Bertz CT molecular complexity index is 3350. The maximum absolute atomic E-state index is 15.1. The zero-order chi connectivity index (χ0) is 54.5. The minimum atomic E-state index is -3.53. The summed E-state index contributed by atoms with van der Waals surface area (Å²) in [5.74, 6) is -1.93. The molecular formula is C53H62FN11O10S. The maximum Gasteiger partial charge on any atom is 0.410 e. The second-order valence-electron chi connectivity index (χ2n) is 19.5. The number of ether oxygens (including phenoxy) is 2. The Morgan fingerprint density at radius 1 is 1.03 bits per heavy atom. The predicted molar refractivity (Wildman–Crippen MR) is 277 cm³/mol. The smallest absolute Gasteiger partial charge is 0.410 e. The summed E-state index contributed by atoms with van der Waals surface area (Å²) in [6.07, 6.45) is 9.11. The number of esters is 1. The van der Waals surface area contributed by atoms with Crippen LogP contribution in [0.3, 0.4) is 0 Å². The Balaban J connectivity index is 0.851. The van der Waals surface area contributed by atoms with E-state index < -0.39 is 44.9 Å². The number of nitrogens with two attached hydrogens (primary N) is 1. The first kappa shape index (κ1) is 54.8. The predicted octanol–water partition coefficient (Wildman–Crippen LogP) is 5.38. The first-order valence-electron chi connectivity index (χ1n) is 25.3. The maximum atomic E-state index is 15.1. The molecule has 0 unspecified atom stereocenters. The molecule has 4 aromatic heterocycles. The van der Waals surface area contributed by atoms with Crippen LogP contribution in [-0.4, -0.2) is 108 Å². The fourth-order valence-corrected chi connectivity index (χ4v) is 9.94. The molecule has 0 aliphatic carbocycles. The highest BCUT2D eigenvalue weighted by atomic mass is 32.2. The summed E-state index contributed by atoms with van der Waals surface area (Å²) in [4.78, 5) is 81.3. The third-order valence-electron chi connectivity index (χ3n) is 13.8. The number of aliphatic hydroxyl groups is 1. The van der Waals surface area contributed by atoms with Crippen molar-refractivity contribution in [3.63, 3.8) is 0 Å². The number of sulfone groups is 1. The quantitative estimate of drug-likeness (QED) is 0.0376. The fourth-order valence-electron chi connectivity index (χ4n) is 9.46. The molecule has 402 valence electrons. The molecular weight excluding hydrogens is 1000 g/mol. The van der Waals surface area contributed by atoms with E-state index in [0.717, 1.165) is 11.8 Å². The number of carbonyl (C=O) groups excluding carboxylic acids is 4. The molecule has 76 heavy (non-hydrogen) atoms. The van der Waals surface area contributed by atoms with Crippen molar-refractivity contribution in [2.45, 2.75) is 135 Å². The molecule has 0 spiro atoms. The minimum Gasteiger partial charge on any atom is -0.458 e. The van der Waals surface area contributed by atoms with Crippen LogP contribution in [0.1, 0.15) is 106 Å². The average Bonchev–Trinajstić information content (AvgIpc) is 4.04. The molecule has 21 nitrogen and oxygen atoms in total. The Labute approximate surface area is 438 Å². The lowest BCUT2D eigenvalue weighted by Gasteiger charge is -2.31. The number of benzene rings is 2. The topological polar surface area (TPSA) is 286 Å². The van der Waals surface area contributed by atoms with E-state index in [1.807, 2.05) is 13.8 Å². The number of aryl methyl sites for hydroxylation is 2. The molecule has 3 amide bonds. The Hall–Kier alpha value is -7.50. The summed E-state index contributed by atoms with van der Waals surface area (Å²) in [5.41, 5.74) is 8.83. The van der Waals surface area contributed by atoms with Crippen LogP contribution in [-0.2, 0) is 72.0 Å². The van der Waals surface area contributed by atoms with Crippen molar-refractivity contribution in [1.82, 2.24) is 44.7 Å². The van der Waals surface area contributed by atoms with Gasteiger partial charge in [-0.15, -0.1) is 5.10 Å². The highest BCUT2D eigenvalue weighted by Crippen LogP contribution is 2.41. The first-order chi connectivity index (χ1) is 36.3. The van der Waals surface area contributed by atoms with Gasteiger partial charge in [0.1, 0.15) is 30.8 Å². The van der Waals surface area contributed by atoms with Gasteiger partial charge in [-0.2, -0.15) is 0 Å². The van der Waals surface area contributed by atoms with Gasteiger partial charge in [0, 0.05) is 78.0 Å². The van der Waals surface area contributed by atoms with Crippen LogP contribution in [0.5, 0.6) is 0 Å². The SMILES string of the molecule is CC[C@@]1(O)C(=O)OCc2c1cc1n(c2=O)Cc2c-1nc1cc(F)c(C)cc1c2CCN(C(=O)OCc1ccc(NC(=O)[C@H](CCCCN)NC(=O)CCCCCn2cc(-c3cnc(S(C)(=O)=O)nc3)nn2)cc1)C(C)C. The van der Waals surface area contributed by atoms with Crippen LogP contribution >= 0.6 is 0 Å². The fraction of sp³-hybridized carbons (Fsp3) is 0.434. The third kappa shape index (κ3) is 12.0. The van der Waals surface area contributed by atoms with Crippen molar-refractivity contribution in [3.05, 3.63) is 111 Å². The molecule has 2 aliphatic rings. The molecule has 0 fully saturated rings. The number of hydrogen-bond acceptors (Lipinski definition) is 16. The Morgan fingerprint density at radius 3 is 2.47 bits per heavy atom.